The van der Waals surface area contributed by atoms with Gasteiger partial charge < -0.3 is 0 Å². The van der Waals surface area contributed by atoms with E-state index < -0.39 is 0 Å². The molecule has 1 amide bonds. The van der Waals surface area contributed by atoms with Crippen LogP contribution in [0.4, 0.5) is 9.52 Å². The predicted octanol–water partition coefficient (Wildman–Crippen LogP) is 4.17. The first-order chi connectivity index (χ1) is 11.1. The molecule has 1 aromatic carbocycles. The summed E-state index contributed by atoms with van der Waals surface area (Å²) in [5.74, 6) is -0.556. The van der Waals surface area contributed by atoms with Gasteiger partial charge >= 0.3 is 0 Å². The normalized spacial score (nSPS) is 10.5. The molecule has 116 valence electrons. The van der Waals surface area contributed by atoms with Gasteiger partial charge in [0.2, 0.25) is 0 Å². The monoisotopic (exact) mass is 347 g/mol. The molecule has 7 heteroatoms. The molecule has 0 atom stereocenters. The third kappa shape index (κ3) is 4.12. The summed E-state index contributed by atoms with van der Waals surface area (Å²) < 4.78 is 12.9. The number of nitrogens with zero attached hydrogens (tertiary/aromatic N) is 2. The first-order valence-corrected chi connectivity index (χ1v) is 7.91. The molecule has 2 heterocycles. The molecule has 3 rings (SSSR count). The molecular formula is C16H11ClFN3OS. The summed E-state index contributed by atoms with van der Waals surface area (Å²) in [5.41, 5.74) is 1.39. The lowest BCUT2D eigenvalue weighted by molar-refractivity contribution is 0.102. The molecule has 0 saturated carbocycles. The summed E-state index contributed by atoms with van der Waals surface area (Å²) in [6.07, 6.45) is 3.74. The van der Waals surface area contributed by atoms with Crippen LogP contribution >= 0.6 is 22.9 Å². The van der Waals surface area contributed by atoms with Crippen molar-refractivity contribution in [1.29, 1.82) is 0 Å². The fourth-order valence-electron chi connectivity index (χ4n) is 1.93. The Bertz CT molecular complexity index is 818. The number of halogens is 2. The minimum absolute atomic E-state index is 0.261. The van der Waals surface area contributed by atoms with Crippen molar-refractivity contribution in [2.24, 2.45) is 0 Å². The highest BCUT2D eigenvalue weighted by Crippen LogP contribution is 2.22. The van der Waals surface area contributed by atoms with Gasteiger partial charge in [-0.15, -0.1) is 11.3 Å². The first kappa shape index (κ1) is 15.6. The van der Waals surface area contributed by atoms with Crippen molar-refractivity contribution < 1.29 is 9.18 Å². The molecule has 0 aliphatic heterocycles. The van der Waals surface area contributed by atoms with Crippen molar-refractivity contribution in [3.05, 3.63) is 75.8 Å². The first-order valence-electron chi connectivity index (χ1n) is 6.72. The number of aromatic nitrogens is 2. The highest BCUT2D eigenvalue weighted by molar-refractivity contribution is 7.15. The van der Waals surface area contributed by atoms with Gasteiger partial charge in [0.25, 0.3) is 5.91 Å². The summed E-state index contributed by atoms with van der Waals surface area (Å²) >= 11 is 7.06. The summed E-state index contributed by atoms with van der Waals surface area (Å²) in [6.45, 7) is 0. The third-order valence-electron chi connectivity index (χ3n) is 3.06. The van der Waals surface area contributed by atoms with E-state index in [1.165, 1.54) is 29.7 Å². The number of thiazole rings is 1. The Morgan fingerprint density at radius 3 is 2.61 bits per heavy atom. The molecule has 0 aliphatic rings. The second-order valence-electron chi connectivity index (χ2n) is 4.76. The van der Waals surface area contributed by atoms with Crippen molar-refractivity contribution in [3.8, 4) is 0 Å². The number of amides is 1. The summed E-state index contributed by atoms with van der Waals surface area (Å²) in [5, 5.41) is 3.55. The molecular weight excluding hydrogens is 337 g/mol. The molecule has 23 heavy (non-hydrogen) atoms. The van der Waals surface area contributed by atoms with Crippen LogP contribution < -0.4 is 5.32 Å². The maximum Gasteiger partial charge on any atom is 0.259 e. The fourth-order valence-corrected chi connectivity index (χ4v) is 2.88. The molecule has 0 radical (unpaired) electrons. The van der Waals surface area contributed by atoms with Crippen LogP contribution in [0.2, 0.25) is 5.15 Å². The van der Waals surface area contributed by atoms with Gasteiger partial charge in [-0.25, -0.2) is 14.4 Å². The molecule has 0 unspecified atom stereocenters. The Hall–Kier alpha value is -2.31. The third-order valence-corrected chi connectivity index (χ3v) is 4.19. The topological polar surface area (TPSA) is 54.9 Å². The number of anilines is 1. The number of benzene rings is 1. The Morgan fingerprint density at radius 2 is 1.91 bits per heavy atom. The highest BCUT2D eigenvalue weighted by Gasteiger charge is 2.10. The summed E-state index contributed by atoms with van der Waals surface area (Å²) in [4.78, 5) is 21.1. The van der Waals surface area contributed by atoms with Crippen molar-refractivity contribution >= 4 is 34.0 Å². The largest absolute Gasteiger partial charge is 0.298 e. The fraction of sp³-hybridized carbons (Fsp3) is 0.0625. The van der Waals surface area contributed by atoms with Crippen molar-refractivity contribution in [2.45, 2.75) is 6.42 Å². The average Bonchev–Trinajstić information content (AvgIpc) is 2.97. The Labute approximate surface area is 141 Å². The van der Waals surface area contributed by atoms with Gasteiger partial charge in [-0.3, -0.25) is 10.1 Å². The molecule has 0 fully saturated rings. The van der Waals surface area contributed by atoms with Crippen LogP contribution in [0.25, 0.3) is 0 Å². The lowest BCUT2D eigenvalue weighted by Gasteiger charge is -2.01. The van der Waals surface area contributed by atoms with E-state index in [1.54, 1.807) is 30.5 Å². The zero-order chi connectivity index (χ0) is 16.2. The van der Waals surface area contributed by atoms with Crippen LogP contribution in [0.5, 0.6) is 0 Å². The van der Waals surface area contributed by atoms with Gasteiger partial charge in [0.1, 0.15) is 11.0 Å². The molecule has 0 bridgehead atoms. The van der Waals surface area contributed by atoms with Crippen LogP contribution in [-0.4, -0.2) is 15.9 Å². The van der Waals surface area contributed by atoms with E-state index in [0.29, 0.717) is 22.3 Å². The Morgan fingerprint density at radius 1 is 1.13 bits per heavy atom. The van der Waals surface area contributed by atoms with E-state index in [4.69, 9.17) is 11.6 Å². The molecule has 0 spiro atoms. The lowest BCUT2D eigenvalue weighted by atomic mass is 10.1. The molecule has 3 aromatic rings. The number of carbonyl (C=O) groups excluding carboxylic acids is 1. The summed E-state index contributed by atoms with van der Waals surface area (Å²) in [7, 11) is 0. The van der Waals surface area contributed by atoms with Crippen LogP contribution in [0.15, 0.2) is 48.8 Å². The second kappa shape index (κ2) is 6.85. The van der Waals surface area contributed by atoms with E-state index in [1.807, 2.05) is 0 Å². The van der Waals surface area contributed by atoms with Crippen molar-refractivity contribution in [1.82, 2.24) is 9.97 Å². The summed E-state index contributed by atoms with van der Waals surface area (Å²) in [6, 6.07) is 9.45. The second-order valence-corrected chi connectivity index (χ2v) is 6.26. The SMILES string of the molecule is O=C(Nc1ncc(Cc2ccc(F)cc2)s1)c1ccc(Cl)nc1. The molecule has 0 aliphatic carbocycles. The minimum atomic E-state index is -0.295. The predicted molar refractivity (Wildman–Crippen MR) is 88.5 cm³/mol. The quantitative estimate of drug-likeness (QED) is 0.720. The van der Waals surface area contributed by atoms with Gasteiger partial charge in [-0.2, -0.15) is 0 Å². The van der Waals surface area contributed by atoms with E-state index in [0.717, 1.165) is 10.4 Å². The van der Waals surface area contributed by atoms with Gasteiger partial charge in [-0.05, 0) is 29.8 Å². The maximum absolute atomic E-state index is 12.9. The van der Waals surface area contributed by atoms with Crippen molar-refractivity contribution in [2.75, 3.05) is 5.32 Å². The molecule has 4 nitrogen and oxygen atoms in total. The molecule has 2 aromatic heterocycles. The van der Waals surface area contributed by atoms with Crippen LogP contribution in [0.1, 0.15) is 20.8 Å². The number of pyridine rings is 1. The van der Waals surface area contributed by atoms with E-state index in [9.17, 15) is 9.18 Å². The van der Waals surface area contributed by atoms with Gasteiger partial charge in [0, 0.05) is 23.7 Å². The number of hydrogen-bond acceptors (Lipinski definition) is 4. The zero-order valence-electron chi connectivity index (χ0n) is 11.8. The Balaban J connectivity index is 1.66. The minimum Gasteiger partial charge on any atom is -0.298 e. The van der Waals surface area contributed by atoms with E-state index >= 15 is 0 Å². The van der Waals surface area contributed by atoms with Crippen LogP contribution in [-0.2, 0) is 6.42 Å². The smallest absolute Gasteiger partial charge is 0.259 e. The van der Waals surface area contributed by atoms with Gasteiger partial charge in [0.15, 0.2) is 5.13 Å². The van der Waals surface area contributed by atoms with E-state index in [2.05, 4.69) is 15.3 Å². The Kier molecular flexibility index (Phi) is 4.64. The number of carbonyl (C=O) groups is 1. The number of hydrogen-bond donors (Lipinski definition) is 1. The van der Waals surface area contributed by atoms with Gasteiger partial charge in [0.05, 0.1) is 5.56 Å². The lowest BCUT2D eigenvalue weighted by Crippen LogP contribution is -2.11. The van der Waals surface area contributed by atoms with Crippen molar-refractivity contribution in [3.63, 3.8) is 0 Å². The average molecular weight is 348 g/mol. The zero-order valence-corrected chi connectivity index (χ0v) is 13.4. The molecule has 1 N–H and O–H groups in total. The number of rotatable bonds is 4. The van der Waals surface area contributed by atoms with E-state index in [-0.39, 0.29) is 11.7 Å². The van der Waals surface area contributed by atoms with Crippen LogP contribution in [0.3, 0.4) is 0 Å². The van der Waals surface area contributed by atoms with Gasteiger partial charge in [-0.1, -0.05) is 23.7 Å². The maximum atomic E-state index is 12.9. The standard InChI is InChI=1S/C16H11ClFN3OS/c17-14-6-3-11(8-19-14)15(22)21-16-20-9-13(23-16)7-10-1-4-12(18)5-2-10/h1-6,8-9H,7H2,(H,20,21,22). The highest BCUT2D eigenvalue weighted by atomic mass is 35.5. The molecule has 0 saturated heterocycles. The van der Waals surface area contributed by atoms with Crippen LogP contribution in [0, 0.1) is 5.82 Å². The number of nitrogens with one attached hydrogen (secondary N) is 1.